The zero-order valence-electron chi connectivity index (χ0n) is 28.8. The molecule has 0 aliphatic carbocycles. The number of amides is 5. The van der Waals surface area contributed by atoms with Gasteiger partial charge in [-0.3, -0.25) is 24.0 Å². The van der Waals surface area contributed by atoms with Gasteiger partial charge >= 0.3 is 0 Å². The van der Waals surface area contributed by atoms with Crippen molar-refractivity contribution in [1.29, 1.82) is 0 Å². The summed E-state index contributed by atoms with van der Waals surface area (Å²) in [5, 5.41) is 8.51. The number of ether oxygens (including phenoxy) is 2. The number of aryl methyl sites for hydroxylation is 2. The van der Waals surface area contributed by atoms with E-state index in [1.807, 2.05) is 62.4 Å². The van der Waals surface area contributed by atoms with Gasteiger partial charge in [0.1, 0.15) is 36.8 Å². The van der Waals surface area contributed by atoms with Gasteiger partial charge in [-0.15, -0.1) is 0 Å². The summed E-state index contributed by atoms with van der Waals surface area (Å²) in [7, 11) is 1.53. The van der Waals surface area contributed by atoms with Crippen LogP contribution in [0, 0.1) is 13.8 Å². The Hall–Kier alpha value is -5.39. The fourth-order valence-electron chi connectivity index (χ4n) is 6.32. The van der Waals surface area contributed by atoms with E-state index >= 15 is 0 Å². The molecule has 2 aliphatic rings. The van der Waals surface area contributed by atoms with Crippen molar-refractivity contribution in [3.8, 4) is 11.5 Å². The minimum atomic E-state index is -1.25. The summed E-state index contributed by atoms with van der Waals surface area (Å²) < 4.78 is 12.0. The number of rotatable bonds is 7. The maximum Gasteiger partial charge on any atom is 0.255 e. The van der Waals surface area contributed by atoms with Crippen LogP contribution in [0.1, 0.15) is 46.3 Å². The van der Waals surface area contributed by atoms with E-state index in [1.54, 1.807) is 24.3 Å². The molecule has 5 rings (SSSR count). The molecule has 12 heteroatoms. The average Bonchev–Trinajstić information content (AvgIpc) is 3.59. The molecule has 3 atom stereocenters. The van der Waals surface area contributed by atoms with Crippen molar-refractivity contribution in [3.63, 3.8) is 0 Å². The molecular weight excluding hydrogens is 638 g/mol. The molecule has 0 bridgehead atoms. The number of carbonyl (C=O) groups is 5. The van der Waals surface area contributed by atoms with Gasteiger partial charge in [-0.1, -0.05) is 60.2 Å². The molecule has 5 amide bonds. The number of nitrogens with zero attached hydrogens (tertiary/aromatic N) is 2. The quantitative estimate of drug-likeness (QED) is 0.325. The number of hydrogen-bond donors (Lipinski definition) is 3. The van der Waals surface area contributed by atoms with E-state index in [0.29, 0.717) is 31.6 Å². The van der Waals surface area contributed by atoms with E-state index in [0.717, 1.165) is 16.7 Å². The van der Waals surface area contributed by atoms with Crippen molar-refractivity contribution in [2.75, 3.05) is 39.9 Å². The highest BCUT2D eigenvalue weighted by Crippen LogP contribution is 2.23. The highest BCUT2D eigenvalue weighted by Gasteiger charge is 2.38. The molecule has 3 aromatic carbocycles. The van der Waals surface area contributed by atoms with Crippen LogP contribution in [0.3, 0.4) is 0 Å². The van der Waals surface area contributed by atoms with E-state index in [1.165, 1.54) is 16.8 Å². The summed E-state index contributed by atoms with van der Waals surface area (Å²) >= 11 is 0. The molecule has 2 heterocycles. The first-order valence-corrected chi connectivity index (χ1v) is 17.0. The average molecular weight is 684 g/mol. The summed E-state index contributed by atoms with van der Waals surface area (Å²) in [6.45, 7) is 4.37. The van der Waals surface area contributed by atoms with Crippen LogP contribution in [0.25, 0.3) is 0 Å². The van der Waals surface area contributed by atoms with E-state index in [9.17, 15) is 24.0 Å². The van der Waals surface area contributed by atoms with Crippen molar-refractivity contribution in [2.45, 2.75) is 57.7 Å². The molecule has 0 saturated carbocycles. The zero-order valence-corrected chi connectivity index (χ0v) is 28.8. The Morgan fingerprint density at radius 2 is 1.74 bits per heavy atom. The molecule has 3 aromatic rings. The van der Waals surface area contributed by atoms with Gasteiger partial charge in [0.2, 0.25) is 23.6 Å². The van der Waals surface area contributed by atoms with Crippen molar-refractivity contribution in [3.05, 3.63) is 95.1 Å². The van der Waals surface area contributed by atoms with E-state index in [-0.39, 0.29) is 55.9 Å². The second-order valence-electron chi connectivity index (χ2n) is 12.8. The Bertz CT molecular complexity index is 1700. The summed E-state index contributed by atoms with van der Waals surface area (Å²) in [5.41, 5.74) is 3.21. The Labute approximate surface area is 292 Å². The van der Waals surface area contributed by atoms with Crippen molar-refractivity contribution in [2.24, 2.45) is 0 Å². The third-order valence-electron chi connectivity index (χ3n) is 8.87. The number of likely N-dealkylation sites (N-methyl/N-ethyl adjacent to an activating group) is 1. The first-order chi connectivity index (χ1) is 24.1. The van der Waals surface area contributed by atoms with Gasteiger partial charge in [-0.05, 0) is 62.4 Å². The smallest absolute Gasteiger partial charge is 0.255 e. The van der Waals surface area contributed by atoms with Gasteiger partial charge in [0.05, 0.1) is 31.1 Å². The normalized spacial score (nSPS) is 20.5. The minimum absolute atomic E-state index is 0.0296. The zero-order chi connectivity index (χ0) is 35.6. The molecule has 1 saturated heterocycles. The monoisotopic (exact) mass is 683 g/mol. The fraction of sp³-hybridized carbons (Fsp3) is 0.395. The Kier molecular flexibility index (Phi) is 12.1. The lowest BCUT2D eigenvalue weighted by atomic mass is 10.1. The molecule has 50 heavy (non-hydrogen) atoms. The van der Waals surface area contributed by atoms with Crippen molar-refractivity contribution in [1.82, 2.24) is 25.8 Å². The number of nitrogens with one attached hydrogen (secondary N) is 3. The molecule has 0 radical (unpaired) electrons. The van der Waals surface area contributed by atoms with Gasteiger partial charge < -0.3 is 35.2 Å². The lowest BCUT2D eigenvalue weighted by Gasteiger charge is -2.29. The predicted octanol–water partition coefficient (Wildman–Crippen LogP) is 2.56. The molecule has 0 aromatic heterocycles. The van der Waals surface area contributed by atoms with Crippen LogP contribution in [-0.4, -0.2) is 97.4 Å². The van der Waals surface area contributed by atoms with Crippen LogP contribution >= 0.6 is 0 Å². The van der Waals surface area contributed by atoms with Crippen LogP contribution in [-0.2, 0) is 25.6 Å². The summed E-state index contributed by atoms with van der Waals surface area (Å²) in [6, 6.07) is 19.5. The van der Waals surface area contributed by atoms with Gasteiger partial charge in [0.15, 0.2) is 0 Å². The second-order valence-corrected chi connectivity index (χ2v) is 12.8. The summed E-state index contributed by atoms with van der Waals surface area (Å²) in [4.78, 5) is 70.6. The third kappa shape index (κ3) is 9.40. The fourth-order valence-corrected chi connectivity index (χ4v) is 6.32. The van der Waals surface area contributed by atoms with Crippen LogP contribution in [0.4, 0.5) is 0 Å². The molecule has 264 valence electrons. The third-order valence-corrected chi connectivity index (χ3v) is 8.87. The predicted molar refractivity (Wildman–Crippen MR) is 187 cm³/mol. The number of fused-ring (bicyclic) bond motifs is 2. The van der Waals surface area contributed by atoms with E-state index in [4.69, 9.17) is 9.47 Å². The molecule has 3 N–H and O–H groups in total. The second kappa shape index (κ2) is 16.8. The molecule has 0 unspecified atom stereocenters. The van der Waals surface area contributed by atoms with Crippen molar-refractivity contribution < 1.29 is 33.4 Å². The molecule has 12 nitrogen and oxygen atoms in total. The van der Waals surface area contributed by atoms with Gasteiger partial charge in [0, 0.05) is 13.6 Å². The Morgan fingerprint density at radius 3 is 2.52 bits per heavy atom. The Balaban J connectivity index is 1.38. The molecule has 0 spiro atoms. The Morgan fingerprint density at radius 1 is 0.980 bits per heavy atom. The lowest BCUT2D eigenvalue weighted by Crippen LogP contribution is -2.53. The van der Waals surface area contributed by atoms with Crippen LogP contribution in [0.5, 0.6) is 11.5 Å². The highest BCUT2D eigenvalue weighted by molar-refractivity contribution is 6.01. The molecule has 1 fully saturated rings. The largest absolute Gasteiger partial charge is 0.491 e. The SMILES string of the molecule is Cc1ccc(OCCNC(=O)[C@@H]2CC(=O)N3CCC[C@H]3C(=O)N(C)CC(=O)N[C@H](Cc3ccccc3)COc3ccccc3C(=O)N2)c(C)c1. The van der Waals surface area contributed by atoms with Gasteiger partial charge in [0.25, 0.3) is 5.91 Å². The van der Waals surface area contributed by atoms with Crippen LogP contribution < -0.4 is 25.4 Å². The van der Waals surface area contributed by atoms with E-state index < -0.39 is 35.8 Å². The number of carbonyl (C=O) groups excluding carboxylic acids is 5. The lowest BCUT2D eigenvalue weighted by molar-refractivity contribution is -0.145. The van der Waals surface area contributed by atoms with Crippen LogP contribution in [0.15, 0.2) is 72.8 Å². The van der Waals surface area contributed by atoms with Gasteiger partial charge in [-0.2, -0.15) is 0 Å². The summed E-state index contributed by atoms with van der Waals surface area (Å²) in [5.74, 6) is -1.43. The minimum Gasteiger partial charge on any atom is -0.491 e. The standard InChI is InChI=1S/C38H45N5O7/c1-25-15-16-32(26(2)20-25)49-19-17-39-37(47)30-22-35(45)43-18-9-13-31(43)38(48)42(3)23-34(44)40-28(21-27-10-5-4-6-11-27)24-50-33-14-8-7-12-29(33)36(46)41-30/h4-8,10-12,14-16,20,28,30-31H,9,13,17-19,21-24H2,1-3H3,(H,39,47)(H,40,44)(H,41,46)/t28-,30+,31+/m1/s1. The maximum absolute atomic E-state index is 13.8. The maximum atomic E-state index is 13.8. The van der Waals surface area contributed by atoms with Crippen molar-refractivity contribution >= 4 is 29.5 Å². The van der Waals surface area contributed by atoms with Gasteiger partial charge in [-0.25, -0.2) is 0 Å². The number of benzene rings is 3. The van der Waals surface area contributed by atoms with E-state index in [2.05, 4.69) is 16.0 Å². The highest BCUT2D eigenvalue weighted by atomic mass is 16.5. The molecular formula is C38H45N5O7. The number of hydrogen-bond acceptors (Lipinski definition) is 7. The first kappa shape index (κ1) is 35.9. The number of para-hydroxylation sites is 1. The first-order valence-electron chi connectivity index (χ1n) is 17.0. The topological polar surface area (TPSA) is 146 Å². The molecule has 2 aliphatic heterocycles. The summed E-state index contributed by atoms with van der Waals surface area (Å²) in [6.07, 6.45) is 1.09. The van der Waals surface area contributed by atoms with Crippen LogP contribution in [0.2, 0.25) is 0 Å².